The Kier molecular flexibility index (Phi) is 18.4. The van der Waals surface area contributed by atoms with Crippen molar-refractivity contribution >= 4 is 53.6 Å². The molecule has 0 radical (unpaired) electrons. The number of carbonyl (C=O) groups is 8. The second-order valence-electron chi connectivity index (χ2n) is 12.8. The molecule has 22 nitrogen and oxygen atoms in total. The van der Waals surface area contributed by atoms with Gasteiger partial charge in [-0.1, -0.05) is 6.07 Å². The summed E-state index contributed by atoms with van der Waals surface area (Å²) < 4.78 is 20.4. The fraction of sp³-hybridized carbons (Fsp3) is 0.543. The van der Waals surface area contributed by atoms with E-state index in [2.05, 4.69) is 26.6 Å². The number of nitrogens with one attached hydrogen (secondary N) is 5. The number of methoxy groups -OCH3 is 1. The number of hydrogen-bond acceptors (Lipinski definition) is 16. The molecule has 0 spiro atoms. The number of aliphatic carboxylic acids is 1. The number of imide groups is 1. The molecular formula is C35H48N6O16. The molecule has 2 unspecified atom stereocenters. The highest BCUT2D eigenvalue weighted by Gasteiger charge is 2.48. The predicted octanol–water partition coefficient (Wildman–Crippen LogP) is -3.60. The predicted molar refractivity (Wildman–Crippen MR) is 192 cm³/mol. The number of aliphatic hydroxyl groups is 3. The number of amides is 6. The molecule has 314 valence electrons. The van der Waals surface area contributed by atoms with Gasteiger partial charge < -0.3 is 66.0 Å². The van der Waals surface area contributed by atoms with E-state index in [-0.39, 0.29) is 75.9 Å². The average Bonchev–Trinajstić information content (AvgIpc) is 3.51. The van der Waals surface area contributed by atoms with Gasteiger partial charge in [0.05, 0.1) is 12.3 Å². The van der Waals surface area contributed by atoms with Gasteiger partial charge in [0.1, 0.15) is 42.8 Å². The number of hydrogen-bond donors (Lipinski definition) is 9. The van der Waals surface area contributed by atoms with Crippen LogP contribution in [0, 0.1) is 0 Å². The molecule has 1 aromatic carbocycles. The number of benzene rings is 1. The maximum atomic E-state index is 13.4. The van der Waals surface area contributed by atoms with Crippen LogP contribution in [-0.2, 0) is 59.2 Å². The maximum absolute atomic E-state index is 13.4. The minimum Gasteiger partial charge on any atom is -0.479 e. The van der Waals surface area contributed by atoms with E-state index >= 15 is 0 Å². The Bertz CT molecular complexity index is 1620. The number of likely N-dealkylation sites (N-methyl/N-ethyl adjacent to an activating group) is 1. The summed E-state index contributed by atoms with van der Waals surface area (Å²) in [5, 5.41) is 53.1. The first-order valence-corrected chi connectivity index (χ1v) is 17.8. The fourth-order valence-electron chi connectivity index (χ4n) is 5.64. The van der Waals surface area contributed by atoms with Crippen molar-refractivity contribution in [2.75, 3.05) is 45.7 Å². The summed E-state index contributed by atoms with van der Waals surface area (Å²) in [5.41, 5.74) is 0.289. The van der Waals surface area contributed by atoms with Gasteiger partial charge in [0.15, 0.2) is 6.10 Å². The molecule has 2 aliphatic heterocycles. The quantitative estimate of drug-likeness (QED) is 0.0277. The maximum Gasteiger partial charge on any atom is 0.335 e. The van der Waals surface area contributed by atoms with Crippen LogP contribution in [0.2, 0.25) is 0 Å². The molecule has 22 heteroatoms. The molecule has 0 saturated carbocycles. The van der Waals surface area contributed by atoms with E-state index in [0.717, 1.165) is 17.1 Å². The summed E-state index contributed by atoms with van der Waals surface area (Å²) in [4.78, 5) is 99.6. The minimum absolute atomic E-state index is 0.0721. The molecule has 1 saturated heterocycles. The second kappa shape index (κ2) is 22.9. The normalized spacial score (nSPS) is 21.3. The second-order valence-corrected chi connectivity index (χ2v) is 12.8. The Balaban J connectivity index is 1.69. The Labute approximate surface area is 326 Å². The number of aliphatic hydroxyl groups excluding tert-OH is 3. The van der Waals surface area contributed by atoms with Gasteiger partial charge in [-0.15, -0.1) is 0 Å². The largest absolute Gasteiger partial charge is 0.479 e. The van der Waals surface area contributed by atoms with Gasteiger partial charge in [0.2, 0.25) is 29.9 Å². The lowest BCUT2D eigenvalue weighted by Crippen LogP contribution is -2.61. The molecule has 2 aliphatic rings. The van der Waals surface area contributed by atoms with Crippen LogP contribution in [0.25, 0.3) is 0 Å². The highest BCUT2D eigenvalue weighted by molar-refractivity contribution is 6.15. The first-order chi connectivity index (χ1) is 27.2. The van der Waals surface area contributed by atoms with Gasteiger partial charge in [-0.25, -0.2) is 4.79 Å². The Morgan fingerprint density at radius 2 is 1.65 bits per heavy atom. The van der Waals surface area contributed by atoms with Crippen molar-refractivity contribution < 1.29 is 77.7 Å². The number of rotatable bonds is 24. The number of anilines is 1. The molecule has 7 atom stereocenters. The number of carbonyl (C=O) groups excluding carboxylic acids is 7. The number of ether oxygens (including phenoxy) is 4. The van der Waals surface area contributed by atoms with Crippen molar-refractivity contribution in [3.63, 3.8) is 0 Å². The van der Waals surface area contributed by atoms with Crippen LogP contribution in [0.5, 0.6) is 5.75 Å². The van der Waals surface area contributed by atoms with Crippen LogP contribution >= 0.6 is 0 Å². The van der Waals surface area contributed by atoms with Crippen molar-refractivity contribution in [3.8, 4) is 5.75 Å². The number of unbranched alkanes of at least 4 members (excludes halogenated alkanes) is 1. The van der Waals surface area contributed by atoms with Gasteiger partial charge >= 0.3 is 5.97 Å². The molecule has 0 aromatic heterocycles. The third-order valence-corrected chi connectivity index (χ3v) is 8.61. The molecule has 9 N–H and O–H groups in total. The zero-order valence-corrected chi connectivity index (χ0v) is 31.2. The number of nitrogens with zero attached hydrogens (tertiary/aromatic N) is 1. The molecule has 1 fully saturated rings. The average molecular weight is 809 g/mol. The van der Waals surface area contributed by atoms with Crippen molar-refractivity contribution in [2.45, 2.75) is 81.5 Å². The molecular weight excluding hydrogens is 760 g/mol. The fourth-order valence-corrected chi connectivity index (χ4v) is 5.64. The zero-order chi connectivity index (χ0) is 42.1. The smallest absolute Gasteiger partial charge is 0.335 e. The minimum atomic E-state index is -1.98. The van der Waals surface area contributed by atoms with Crippen LogP contribution in [0.15, 0.2) is 30.4 Å². The lowest BCUT2D eigenvalue weighted by atomic mass is 9.99. The lowest BCUT2D eigenvalue weighted by molar-refractivity contribution is -0.271. The summed E-state index contributed by atoms with van der Waals surface area (Å²) >= 11 is 0. The Morgan fingerprint density at radius 1 is 0.930 bits per heavy atom. The van der Waals surface area contributed by atoms with E-state index in [9.17, 15) is 58.8 Å². The van der Waals surface area contributed by atoms with Gasteiger partial charge in [0, 0.05) is 51.7 Å². The molecule has 0 bridgehead atoms. The molecule has 1 aromatic rings. The Morgan fingerprint density at radius 3 is 2.30 bits per heavy atom. The van der Waals surface area contributed by atoms with E-state index in [1.54, 1.807) is 0 Å². The first-order valence-electron chi connectivity index (χ1n) is 17.8. The molecule has 2 heterocycles. The van der Waals surface area contributed by atoms with Crippen molar-refractivity contribution in [1.29, 1.82) is 0 Å². The number of carboxylic acid groups (broad SMARTS) is 1. The van der Waals surface area contributed by atoms with Crippen LogP contribution < -0.4 is 31.3 Å². The summed E-state index contributed by atoms with van der Waals surface area (Å²) in [5.74, 6) is -5.66. The monoisotopic (exact) mass is 808 g/mol. The summed E-state index contributed by atoms with van der Waals surface area (Å²) in [7, 11) is 2.98. The summed E-state index contributed by atoms with van der Waals surface area (Å²) in [6.45, 7) is 0.104. The zero-order valence-electron chi connectivity index (χ0n) is 31.2. The van der Waals surface area contributed by atoms with Gasteiger partial charge in [-0.3, -0.25) is 38.5 Å². The van der Waals surface area contributed by atoms with Gasteiger partial charge in [-0.05, 0) is 44.0 Å². The lowest BCUT2D eigenvalue weighted by Gasteiger charge is -2.38. The molecule has 0 aliphatic carbocycles. The SMILES string of the molecule is CNCC(C(=O)NC(CCCCNC(=O)CCOC)C(=O)NCCC(=O)Nc1cc(COC=O)ccc1O[C@@H]1O[C@H](C(=O)O)[C@@H](O)[C@H](O)[C@H]1O)N1C(=O)C=CC1=O. The van der Waals surface area contributed by atoms with Crippen LogP contribution in [0.3, 0.4) is 0 Å². The van der Waals surface area contributed by atoms with E-state index in [0.29, 0.717) is 18.4 Å². The highest BCUT2D eigenvalue weighted by atomic mass is 16.7. The molecule has 3 rings (SSSR count). The van der Waals surface area contributed by atoms with E-state index in [1.807, 2.05) is 0 Å². The van der Waals surface area contributed by atoms with E-state index < -0.39 is 78.3 Å². The van der Waals surface area contributed by atoms with Crippen molar-refractivity contribution in [3.05, 3.63) is 35.9 Å². The number of carboxylic acids is 1. The molecule has 57 heavy (non-hydrogen) atoms. The summed E-state index contributed by atoms with van der Waals surface area (Å²) in [6, 6.07) is 1.55. The van der Waals surface area contributed by atoms with E-state index in [4.69, 9.17) is 18.9 Å². The first kappa shape index (κ1) is 45.9. The topological polar surface area (TPSA) is 318 Å². The summed E-state index contributed by atoms with van der Waals surface area (Å²) in [6.07, 6.45) is -6.95. The standard InChI is InChI=1S/C35H48N6O16/c1-36-16-22(41-26(45)8-9-27(41)46)33(51)40-20(5-3-4-12-37-24(43)11-14-54-2)32(50)38-13-10-25(44)39-21-15-19(17-55-18-42)6-7-23(21)56-35-30(49)28(47)29(48)31(57-35)34(52)53/h6-9,15,18,20,22,28-31,35-36,47-49H,3-5,10-14,16-17H2,1-2H3,(H,37,43)(H,38,50)(H,39,44)(H,40,51)(H,52,53)/t20?,22?,28-,29-,30+,31-,35+/m0/s1. The Hall–Kier alpha value is -5.52. The van der Waals surface area contributed by atoms with Crippen LogP contribution in [0.4, 0.5) is 5.69 Å². The van der Waals surface area contributed by atoms with Crippen molar-refractivity contribution in [1.82, 2.24) is 26.2 Å². The van der Waals surface area contributed by atoms with Gasteiger partial charge in [0.25, 0.3) is 18.3 Å². The third-order valence-electron chi connectivity index (χ3n) is 8.61. The molecule has 6 amide bonds. The van der Waals surface area contributed by atoms with Gasteiger partial charge in [-0.2, -0.15) is 0 Å². The van der Waals surface area contributed by atoms with E-state index in [1.165, 1.54) is 32.4 Å². The third kappa shape index (κ3) is 13.6. The van der Waals surface area contributed by atoms with Crippen LogP contribution in [-0.4, -0.2) is 156 Å². The highest BCUT2D eigenvalue weighted by Crippen LogP contribution is 2.31. The van der Waals surface area contributed by atoms with Crippen molar-refractivity contribution in [2.24, 2.45) is 0 Å². The van der Waals surface area contributed by atoms with Crippen LogP contribution in [0.1, 0.15) is 37.7 Å².